The first-order chi connectivity index (χ1) is 18.2. The first kappa shape index (κ1) is 26.4. The molecule has 2 aromatic heterocycles. The molecule has 0 bridgehead atoms. The number of nitrogens with one attached hydrogen (secondary N) is 2. The number of hydrogen-bond acceptors (Lipinski definition) is 7. The van der Waals surface area contributed by atoms with Crippen molar-refractivity contribution in [1.29, 1.82) is 0 Å². The summed E-state index contributed by atoms with van der Waals surface area (Å²) in [7, 11) is 0. The van der Waals surface area contributed by atoms with Gasteiger partial charge in [0.2, 0.25) is 23.7 Å². The lowest BCUT2D eigenvalue weighted by Crippen LogP contribution is -2.44. The minimum Gasteiger partial charge on any atom is -0.369 e. The first-order valence-corrected chi connectivity index (χ1v) is 13.4. The van der Waals surface area contributed by atoms with Crippen molar-refractivity contribution in [3.05, 3.63) is 34.2 Å². The number of likely N-dealkylation sites (tertiary alicyclic amines) is 1. The van der Waals surface area contributed by atoms with Crippen LogP contribution in [0.25, 0.3) is 11.2 Å². The normalized spacial score (nSPS) is 21.9. The number of nitrogens with two attached hydrogens (primary N) is 1. The lowest BCUT2D eigenvalue weighted by molar-refractivity contribution is -0.129. The molecule has 0 unspecified atom stereocenters. The van der Waals surface area contributed by atoms with Crippen molar-refractivity contribution in [1.82, 2.24) is 24.4 Å². The Labute approximate surface area is 229 Å². The van der Waals surface area contributed by atoms with Gasteiger partial charge in [-0.3, -0.25) is 14.2 Å². The van der Waals surface area contributed by atoms with E-state index >= 15 is 0 Å². The molecule has 2 fully saturated rings. The number of anilines is 3. The molecular formula is C25H29Cl2FN8O2. The molecule has 202 valence electrons. The Bertz CT molecular complexity index is 1350. The molecule has 10 nitrogen and oxygen atoms in total. The topological polar surface area (TPSA) is 131 Å². The van der Waals surface area contributed by atoms with Crippen LogP contribution in [0.3, 0.4) is 0 Å². The predicted octanol–water partition coefficient (Wildman–Crippen LogP) is 4.66. The van der Waals surface area contributed by atoms with Crippen LogP contribution in [0.2, 0.25) is 10.0 Å². The minimum atomic E-state index is -0.545. The predicted molar refractivity (Wildman–Crippen MR) is 144 cm³/mol. The third-order valence-corrected chi connectivity index (χ3v) is 7.94. The van der Waals surface area contributed by atoms with E-state index < -0.39 is 5.82 Å². The van der Waals surface area contributed by atoms with Gasteiger partial charge in [-0.2, -0.15) is 4.98 Å². The Balaban J connectivity index is 1.50. The zero-order chi connectivity index (χ0) is 27.0. The molecular weight excluding hydrogens is 534 g/mol. The highest BCUT2D eigenvalue weighted by atomic mass is 35.5. The van der Waals surface area contributed by atoms with Crippen molar-refractivity contribution in [3.63, 3.8) is 0 Å². The molecule has 0 radical (unpaired) electrons. The Morgan fingerprint density at radius 1 is 1.11 bits per heavy atom. The van der Waals surface area contributed by atoms with Gasteiger partial charge in [0.05, 0.1) is 21.9 Å². The average molecular weight is 563 g/mol. The number of halogens is 3. The number of imidazole rings is 1. The zero-order valence-corrected chi connectivity index (χ0v) is 22.4. The Hall–Kier alpha value is -3.18. The summed E-state index contributed by atoms with van der Waals surface area (Å²) in [5.41, 5.74) is 7.03. The maximum atomic E-state index is 13.8. The second kappa shape index (κ2) is 10.9. The fraction of sp³-hybridized carbons (Fsp3) is 0.480. The van der Waals surface area contributed by atoms with E-state index in [-0.39, 0.29) is 39.9 Å². The summed E-state index contributed by atoms with van der Waals surface area (Å²) in [6.07, 6.45) is 6.13. The summed E-state index contributed by atoms with van der Waals surface area (Å²) < 4.78 is 15.8. The second-order valence-corrected chi connectivity index (χ2v) is 10.7. The number of nitrogens with zero attached hydrogens (tertiary/aromatic N) is 5. The van der Waals surface area contributed by atoms with E-state index in [2.05, 4.69) is 15.6 Å². The molecule has 38 heavy (non-hydrogen) atoms. The van der Waals surface area contributed by atoms with Crippen molar-refractivity contribution < 1.29 is 14.0 Å². The summed E-state index contributed by atoms with van der Waals surface area (Å²) in [5.74, 6) is -0.0826. The van der Waals surface area contributed by atoms with Gasteiger partial charge in [-0.25, -0.2) is 14.4 Å². The number of aromatic nitrogens is 4. The van der Waals surface area contributed by atoms with Gasteiger partial charge >= 0.3 is 0 Å². The highest BCUT2D eigenvalue weighted by Crippen LogP contribution is 2.39. The minimum absolute atomic E-state index is 0.0262. The van der Waals surface area contributed by atoms with Crippen molar-refractivity contribution in [3.8, 4) is 0 Å². The van der Waals surface area contributed by atoms with Crippen LogP contribution in [-0.4, -0.2) is 55.4 Å². The molecule has 1 aliphatic heterocycles. The van der Waals surface area contributed by atoms with Gasteiger partial charge in [-0.15, -0.1) is 0 Å². The van der Waals surface area contributed by atoms with Gasteiger partial charge in [0, 0.05) is 38.0 Å². The summed E-state index contributed by atoms with van der Waals surface area (Å²) in [4.78, 5) is 39.4. The van der Waals surface area contributed by atoms with Crippen LogP contribution in [0.4, 0.5) is 22.0 Å². The van der Waals surface area contributed by atoms with E-state index in [0.717, 1.165) is 19.4 Å². The van der Waals surface area contributed by atoms with Crippen molar-refractivity contribution in [2.24, 2.45) is 11.7 Å². The van der Waals surface area contributed by atoms with Crippen LogP contribution < -0.4 is 16.4 Å². The molecule has 1 saturated heterocycles. The molecule has 5 rings (SSSR count). The summed E-state index contributed by atoms with van der Waals surface area (Å²) in [6.45, 7) is 2.91. The van der Waals surface area contributed by atoms with Gasteiger partial charge in [0.25, 0.3) is 0 Å². The number of carbonyl (C=O) groups is 2. The molecule has 1 aliphatic carbocycles. The Morgan fingerprint density at radius 3 is 2.47 bits per heavy atom. The molecule has 3 heterocycles. The Morgan fingerprint density at radius 2 is 1.82 bits per heavy atom. The number of hydrogen-bond donors (Lipinski definition) is 3. The summed E-state index contributed by atoms with van der Waals surface area (Å²) in [5, 5.41) is 6.78. The van der Waals surface area contributed by atoms with E-state index in [1.54, 1.807) is 13.1 Å². The lowest BCUT2D eigenvalue weighted by Gasteiger charge is -2.32. The number of primary amides is 1. The Kier molecular flexibility index (Phi) is 7.58. The molecule has 2 amide bonds. The number of fused-ring (bicyclic) bond motifs is 1. The van der Waals surface area contributed by atoms with Crippen molar-refractivity contribution in [2.45, 2.75) is 57.5 Å². The van der Waals surface area contributed by atoms with E-state index in [9.17, 15) is 14.0 Å². The van der Waals surface area contributed by atoms with E-state index in [1.165, 1.54) is 12.1 Å². The van der Waals surface area contributed by atoms with Gasteiger partial charge < -0.3 is 21.3 Å². The fourth-order valence-electron chi connectivity index (χ4n) is 5.35. The standard InChI is InChI=1S/C25H29Cl2FN8O2/c1-13(37)35-8-2-3-16(12-35)31-24-30-11-20-23(34-24)36(17-6-4-14(5-7-17)22(29)38)25(32-20)33-21-18(26)9-15(28)10-19(21)27/h9-11,14,16-17H,2-8,12H2,1H3,(H2,29,38)(H,32,33)(H,30,31,34)/t14-,16-,17+/m1/s1. The van der Waals surface area contributed by atoms with Gasteiger partial charge in [0.1, 0.15) is 11.3 Å². The molecule has 4 N–H and O–H groups in total. The highest BCUT2D eigenvalue weighted by Gasteiger charge is 2.30. The van der Waals surface area contributed by atoms with E-state index in [1.807, 2.05) is 9.47 Å². The maximum absolute atomic E-state index is 13.8. The number of carbonyl (C=O) groups excluding carboxylic acids is 2. The fourth-order valence-corrected chi connectivity index (χ4v) is 5.90. The largest absolute Gasteiger partial charge is 0.369 e. The van der Waals surface area contributed by atoms with Crippen LogP contribution in [-0.2, 0) is 9.59 Å². The van der Waals surface area contributed by atoms with Crippen LogP contribution >= 0.6 is 23.2 Å². The second-order valence-electron chi connectivity index (χ2n) is 9.93. The molecule has 1 aromatic carbocycles. The smallest absolute Gasteiger partial charge is 0.225 e. The van der Waals surface area contributed by atoms with Gasteiger partial charge in [-0.1, -0.05) is 23.2 Å². The lowest BCUT2D eigenvalue weighted by atomic mass is 9.85. The molecule has 0 spiro atoms. The number of benzene rings is 1. The summed E-state index contributed by atoms with van der Waals surface area (Å²) >= 11 is 12.6. The molecule has 3 aromatic rings. The number of piperidine rings is 1. The van der Waals surface area contributed by atoms with Crippen LogP contribution in [0.15, 0.2) is 18.3 Å². The quantitative estimate of drug-likeness (QED) is 0.398. The maximum Gasteiger partial charge on any atom is 0.225 e. The molecule has 2 aliphatic rings. The van der Waals surface area contributed by atoms with Gasteiger partial charge in [0.15, 0.2) is 5.65 Å². The van der Waals surface area contributed by atoms with Crippen molar-refractivity contribution in [2.75, 3.05) is 23.7 Å². The number of amides is 2. The van der Waals surface area contributed by atoms with E-state index in [0.29, 0.717) is 61.0 Å². The molecule has 1 atom stereocenters. The summed E-state index contributed by atoms with van der Waals surface area (Å²) in [6, 6.07) is 2.36. The van der Waals surface area contributed by atoms with Crippen molar-refractivity contribution >= 4 is 63.8 Å². The van der Waals surface area contributed by atoms with Crippen LogP contribution in [0, 0.1) is 11.7 Å². The van der Waals surface area contributed by atoms with Gasteiger partial charge in [-0.05, 0) is 50.7 Å². The third kappa shape index (κ3) is 5.49. The third-order valence-electron chi connectivity index (χ3n) is 7.34. The molecule has 13 heteroatoms. The SMILES string of the molecule is CC(=O)N1CCC[C@@H](Nc2ncc3nc(Nc4c(Cl)cc(F)cc4Cl)n([C@H]4CC[C@@H](C(N)=O)CC4)c3n2)C1. The van der Waals surface area contributed by atoms with E-state index in [4.69, 9.17) is 38.9 Å². The monoisotopic (exact) mass is 562 g/mol. The molecule has 1 saturated carbocycles. The number of rotatable bonds is 6. The average Bonchev–Trinajstić information content (AvgIpc) is 3.23. The van der Waals surface area contributed by atoms with Crippen LogP contribution in [0.1, 0.15) is 51.5 Å². The zero-order valence-electron chi connectivity index (χ0n) is 20.9. The van der Waals surface area contributed by atoms with Crippen LogP contribution in [0.5, 0.6) is 0 Å². The highest BCUT2D eigenvalue weighted by molar-refractivity contribution is 6.39. The first-order valence-electron chi connectivity index (χ1n) is 12.7.